The Labute approximate surface area is 197 Å². The molecule has 1 saturated heterocycles. The average molecular weight is 454 g/mol. The van der Waals surface area contributed by atoms with E-state index in [-0.39, 0.29) is 11.9 Å². The third-order valence-electron chi connectivity index (χ3n) is 7.14. The molecular weight excluding hydrogens is 426 g/mol. The Hall–Kier alpha value is -3.55. The lowest BCUT2D eigenvalue weighted by Gasteiger charge is -2.20. The first kappa shape index (κ1) is 21.0. The molecule has 2 atom stereocenters. The Balaban J connectivity index is 1.37. The molecule has 1 aromatic carbocycles. The predicted molar refractivity (Wildman–Crippen MR) is 130 cm³/mol. The fraction of sp³-hybridized carbons (Fsp3) is 0.296. The predicted octanol–water partition coefficient (Wildman–Crippen LogP) is 3.93. The van der Waals surface area contributed by atoms with Crippen molar-refractivity contribution < 1.29 is 9.90 Å². The fourth-order valence-corrected chi connectivity index (χ4v) is 5.27. The number of benzene rings is 1. The number of aromatic amines is 1. The third-order valence-corrected chi connectivity index (χ3v) is 7.14. The molecule has 0 radical (unpaired) electrons. The fourth-order valence-electron chi connectivity index (χ4n) is 5.27. The summed E-state index contributed by atoms with van der Waals surface area (Å²) in [5, 5.41) is 15.4. The monoisotopic (exact) mass is 453 g/mol. The van der Waals surface area contributed by atoms with Gasteiger partial charge in [0.25, 0.3) is 5.91 Å². The molecule has 172 valence electrons. The molecule has 0 aliphatic carbocycles. The summed E-state index contributed by atoms with van der Waals surface area (Å²) in [5.74, 6) is -0.290. The van der Waals surface area contributed by atoms with Crippen LogP contribution in [0.15, 0.2) is 55.1 Å². The van der Waals surface area contributed by atoms with Gasteiger partial charge in [0.1, 0.15) is 5.65 Å². The molecule has 7 nitrogen and oxygen atoms in total. The van der Waals surface area contributed by atoms with Crippen molar-refractivity contribution in [1.29, 1.82) is 0 Å². The number of nitrogens with one attached hydrogen (secondary N) is 2. The maximum Gasteiger partial charge on any atom is 0.256 e. The summed E-state index contributed by atoms with van der Waals surface area (Å²) in [7, 11) is 0. The second kappa shape index (κ2) is 8.34. The molecule has 0 saturated carbocycles. The molecule has 3 aromatic heterocycles. The number of carbonyl (C=O) groups is 1. The third kappa shape index (κ3) is 3.57. The number of hydrogen-bond acceptors (Lipinski definition) is 5. The first-order chi connectivity index (χ1) is 16.6. The average Bonchev–Trinajstić information content (AvgIpc) is 3.63. The van der Waals surface area contributed by atoms with E-state index in [9.17, 15) is 9.90 Å². The van der Waals surface area contributed by atoms with Gasteiger partial charge < -0.3 is 20.3 Å². The zero-order valence-corrected chi connectivity index (χ0v) is 19.1. The van der Waals surface area contributed by atoms with Crippen molar-refractivity contribution in [3.63, 3.8) is 0 Å². The molecule has 1 fully saturated rings. The van der Waals surface area contributed by atoms with Gasteiger partial charge in [-0.1, -0.05) is 6.07 Å². The van der Waals surface area contributed by atoms with E-state index in [1.807, 2.05) is 12.4 Å². The first-order valence-electron chi connectivity index (χ1n) is 11.8. The second-order valence-electron chi connectivity index (χ2n) is 9.33. The van der Waals surface area contributed by atoms with Gasteiger partial charge in [0.2, 0.25) is 0 Å². The molecule has 1 amide bonds. The van der Waals surface area contributed by atoms with Gasteiger partial charge in [-0.3, -0.25) is 9.78 Å². The topological polar surface area (TPSA) is 94.1 Å². The van der Waals surface area contributed by atoms with Crippen LogP contribution in [-0.4, -0.2) is 37.4 Å². The van der Waals surface area contributed by atoms with E-state index in [0.717, 1.165) is 47.1 Å². The maximum atomic E-state index is 13.2. The number of amides is 1. The molecule has 4 aromatic rings. The van der Waals surface area contributed by atoms with Crippen molar-refractivity contribution in [2.45, 2.75) is 45.0 Å². The SMILES string of the molecule is Cc1c[nH]c2ncc(-c3cc4c(c([C@@H]5CCCN5)c3)CN(C(=O)C(O)c3cccnc3)C4)cc12. The lowest BCUT2D eigenvalue weighted by Crippen LogP contribution is -2.31. The zero-order chi connectivity index (χ0) is 23.2. The summed E-state index contributed by atoms with van der Waals surface area (Å²) in [6, 6.07) is 10.4. The van der Waals surface area contributed by atoms with Crippen LogP contribution in [0.25, 0.3) is 22.2 Å². The maximum absolute atomic E-state index is 13.2. The van der Waals surface area contributed by atoms with E-state index in [1.54, 1.807) is 29.4 Å². The highest BCUT2D eigenvalue weighted by molar-refractivity contribution is 5.85. The van der Waals surface area contributed by atoms with Crippen molar-refractivity contribution >= 4 is 16.9 Å². The Bertz CT molecular complexity index is 1370. The van der Waals surface area contributed by atoms with E-state index in [4.69, 9.17) is 0 Å². The number of aliphatic hydroxyl groups is 1. The summed E-state index contributed by atoms with van der Waals surface area (Å²) in [5.41, 5.74) is 8.34. The summed E-state index contributed by atoms with van der Waals surface area (Å²) < 4.78 is 0. The summed E-state index contributed by atoms with van der Waals surface area (Å²) >= 11 is 0. The number of nitrogens with zero attached hydrogens (tertiary/aromatic N) is 3. The largest absolute Gasteiger partial charge is 0.378 e. The molecular formula is C27H27N5O2. The number of aryl methyl sites for hydroxylation is 1. The van der Waals surface area contributed by atoms with Crippen LogP contribution in [0.3, 0.4) is 0 Å². The highest BCUT2D eigenvalue weighted by Gasteiger charge is 2.33. The minimum Gasteiger partial charge on any atom is -0.378 e. The minimum absolute atomic E-state index is 0.276. The van der Waals surface area contributed by atoms with Gasteiger partial charge in [-0.15, -0.1) is 0 Å². The molecule has 0 bridgehead atoms. The van der Waals surface area contributed by atoms with Gasteiger partial charge in [-0.25, -0.2) is 4.98 Å². The van der Waals surface area contributed by atoms with Crippen molar-refractivity contribution in [3.8, 4) is 11.1 Å². The van der Waals surface area contributed by atoms with E-state index in [1.165, 1.54) is 16.7 Å². The number of carbonyl (C=O) groups excluding carboxylic acids is 1. The summed E-state index contributed by atoms with van der Waals surface area (Å²) in [6.07, 6.45) is 8.09. The lowest BCUT2D eigenvalue weighted by atomic mass is 9.91. The van der Waals surface area contributed by atoms with E-state index >= 15 is 0 Å². The molecule has 2 aliphatic heterocycles. The van der Waals surface area contributed by atoms with E-state index < -0.39 is 6.10 Å². The molecule has 6 rings (SSSR count). The van der Waals surface area contributed by atoms with Gasteiger partial charge in [0.15, 0.2) is 6.10 Å². The lowest BCUT2D eigenvalue weighted by molar-refractivity contribution is -0.141. The van der Waals surface area contributed by atoms with Crippen LogP contribution in [-0.2, 0) is 17.9 Å². The van der Waals surface area contributed by atoms with Gasteiger partial charge in [0.05, 0.1) is 0 Å². The van der Waals surface area contributed by atoms with Crippen LogP contribution in [0.1, 0.15) is 52.8 Å². The van der Waals surface area contributed by atoms with Crippen LogP contribution in [0.4, 0.5) is 0 Å². The Kier molecular flexibility index (Phi) is 5.16. The number of pyridine rings is 2. The Morgan fingerprint density at radius 3 is 2.91 bits per heavy atom. The highest BCUT2D eigenvalue weighted by atomic mass is 16.3. The normalized spacial score (nSPS) is 18.4. The Morgan fingerprint density at radius 2 is 2.12 bits per heavy atom. The van der Waals surface area contributed by atoms with Crippen LogP contribution in [0.2, 0.25) is 0 Å². The number of aromatic nitrogens is 3. The number of aliphatic hydroxyl groups excluding tert-OH is 1. The van der Waals surface area contributed by atoms with Crippen molar-refractivity contribution in [2.24, 2.45) is 0 Å². The van der Waals surface area contributed by atoms with E-state index in [2.05, 4.69) is 45.4 Å². The zero-order valence-electron chi connectivity index (χ0n) is 19.1. The van der Waals surface area contributed by atoms with Gasteiger partial charge in [-0.2, -0.15) is 0 Å². The van der Waals surface area contributed by atoms with Crippen molar-refractivity contribution in [1.82, 2.24) is 25.2 Å². The number of fused-ring (bicyclic) bond motifs is 2. The van der Waals surface area contributed by atoms with Crippen molar-refractivity contribution in [3.05, 3.63) is 82.9 Å². The van der Waals surface area contributed by atoms with Gasteiger partial charge in [-0.05, 0) is 78.4 Å². The molecule has 7 heteroatoms. The molecule has 1 unspecified atom stereocenters. The van der Waals surface area contributed by atoms with Crippen LogP contribution in [0, 0.1) is 6.92 Å². The molecule has 0 spiro atoms. The standard InChI is InChI=1S/C27H27N5O2/c1-16-11-30-26-21(16)10-19(13-31-26)18-8-20-14-32(27(34)25(33)17-4-2-6-28-12-17)15-23(20)22(9-18)24-5-3-7-29-24/h2,4,6,8-13,24-25,29,33H,3,5,7,14-15H2,1H3,(H,30,31)/t24-,25?/m0/s1. The van der Waals surface area contributed by atoms with E-state index in [0.29, 0.717) is 18.7 Å². The van der Waals surface area contributed by atoms with Crippen molar-refractivity contribution in [2.75, 3.05) is 6.54 Å². The van der Waals surface area contributed by atoms with Gasteiger partial charge >= 0.3 is 0 Å². The highest BCUT2D eigenvalue weighted by Crippen LogP contribution is 2.38. The van der Waals surface area contributed by atoms with Crippen LogP contribution in [0.5, 0.6) is 0 Å². The molecule has 5 heterocycles. The number of rotatable bonds is 4. The summed E-state index contributed by atoms with van der Waals surface area (Å²) in [6.45, 7) is 4.07. The minimum atomic E-state index is -1.21. The number of hydrogen-bond donors (Lipinski definition) is 3. The van der Waals surface area contributed by atoms with Crippen LogP contribution < -0.4 is 5.32 Å². The van der Waals surface area contributed by atoms with Crippen LogP contribution >= 0.6 is 0 Å². The molecule has 2 aliphatic rings. The first-order valence-corrected chi connectivity index (χ1v) is 11.8. The molecule has 3 N–H and O–H groups in total. The quantitative estimate of drug-likeness (QED) is 0.435. The molecule has 34 heavy (non-hydrogen) atoms. The summed E-state index contributed by atoms with van der Waals surface area (Å²) in [4.78, 5) is 26.8. The second-order valence-corrected chi connectivity index (χ2v) is 9.33. The Morgan fingerprint density at radius 1 is 1.21 bits per heavy atom. The van der Waals surface area contributed by atoms with Gasteiger partial charge in [0, 0.05) is 60.4 Å². The smallest absolute Gasteiger partial charge is 0.256 e. The number of H-pyrrole nitrogens is 1.